The summed E-state index contributed by atoms with van der Waals surface area (Å²) in [5.74, 6) is -1.19. The van der Waals surface area contributed by atoms with Gasteiger partial charge in [-0.25, -0.2) is 8.78 Å². The van der Waals surface area contributed by atoms with Crippen LogP contribution in [-0.2, 0) is 19.5 Å². The predicted octanol–water partition coefficient (Wildman–Crippen LogP) is 5.19. The molecule has 0 radical (unpaired) electrons. The van der Waals surface area contributed by atoms with Gasteiger partial charge in [-0.1, -0.05) is 48.5 Å². The maximum Gasteiger partial charge on any atom is 0.126 e. The molecule has 3 aromatic carbocycles. The average molecular weight is 395 g/mol. The first-order valence-electron chi connectivity index (χ1n) is 9.85. The molecule has 0 fully saturated rings. The van der Waals surface area contributed by atoms with Gasteiger partial charge in [-0.05, 0) is 60.2 Å². The van der Waals surface area contributed by atoms with Gasteiger partial charge in [0.05, 0.1) is 6.61 Å². The number of benzene rings is 3. The Morgan fingerprint density at radius 3 is 1.72 bits per heavy atom. The van der Waals surface area contributed by atoms with Gasteiger partial charge in [-0.3, -0.25) is 4.90 Å². The second-order valence-corrected chi connectivity index (χ2v) is 7.58. The van der Waals surface area contributed by atoms with Gasteiger partial charge in [0.1, 0.15) is 11.6 Å². The van der Waals surface area contributed by atoms with Gasteiger partial charge in [0.25, 0.3) is 0 Å². The Bertz CT molecular complexity index is 889. The Labute approximate surface area is 171 Å². The molecular formula is C25H27F2NO. The summed E-state index contributed by atoms with van der Waals surface area (Å²) in [6, 6.07) is 19.6. The fraction of sp³-hybridized carbons (Fsp3) is 0.280. The SMILES string of the molecule is Cc1ccccc1CN(Cc1ccccc1C)[C@H](CO)Cc1cc(F)cc(F)c1. The van der Waals surface area contributed by atoms with Crippen LogP contribution in [0.4, 0.5) is 8.78 Å². The number of rotatable bonds is 8. The van der Waals surface area contributed by atoms with E-state index in [0.29, 0.717) is 25.1 Å². The van der Waals surface area contributed by atoms with E-state index in [1.54, 1.807) is 0 Å². The minimum Gasteiger partial charge on any atom is -0.395 e. The molecule has 29 heavy (non-hydrogen) atoms. The van der Waals surface area contributed by atoms with Gasteiger partial charge >= 0.3 is 0 Å². The molecule has 0 bridgehead atoms. The van der Waals surface area contributed by atoms with Crippen molar-refractivity contribution in [2.45, 2.75) is 39.4 Å². The fourth-order valence-electron chi connectivity index (χ4n) is 3.64. The molecule has 152 valence electrons. The smallest absolute Gasteiger partial charge is 0.126 e. The van der Waals surface area contributed by atoms with Crippen molar-refractivity contribution in [3.05, 3.63) is 106 Å². The summed E-state index contributed by atoms with van der Waals surface area (Å²) in [7, 11) is 0. The molecule has 0 aliphatic heterocycles. The fourth-order valence-corrected chi connectivity index (χ4v) is 3.64. The molecule has 3 aromatic rings. The van der Waals surface area contributed by atoms with Crippen molar-refractivity contribution < 1.29 is 13.9 Å². The normalized spacial score (nSPS) is 12.3. The first-order chi connectivity index (χ1) is 14.0. The Balaban J connectivity index is 1.90. The van der Waals surface area contributed by atoms with Crippen LogP contribution in [0.25, 0.3) is 0 Å². The zero-order chi connectivity index (χ0) is 20.8. The molecule has 1 N–H and O–H groups in total. The maximum absolute atomic E-state index is 13.7. The first-order valence-corrected chi connectivity index (χ1v) is 9.85. The average Bonchev–Trinajstić information content (AvgIpc) is 2.68. The third-order valence-electron chi connectivity index (χ3n) is 5.39. The molecule has 0 saturated heterocycles. The van der Waals surface area contributed by atoms with Gasteiger partial charge in [0, 0.05) is 25.2 Å². The van der Waals surface area contributed by atoms with E-state index in [-0.39, 0.29) is 12.6 Å². The number of aliphatic hydroxyl groups excluding tert-OH is 1. The highest BCUT2D eigenvalue weighted by Gasteiger charge is 2.21. The molecule has 2 nitrogen and oxygen atoms in total. The summed E-state index contributed by atoms with van der Waals surface area (Å²) >= 11 is 0. The summed E-state index contributed by atoms with van der Waals surface area (Å²) in [6.07, 6.45) is 0.364. The molecule has 0 heterocycles. The minimum atomic E-state index is -0.596. The summed E-state index contributed by atoms with van der Waals surface area (Å²) in [4.78, 5) is 2.19. The van der Waals surface area contributed by atoms with Crippen molar-refractivity contribution >= 4 is 0 Å². The molecule has 0 saturated carbocycles. The lowest BCUT2D eigenvalue weighted by molar-refractivity contribution is 0.109. The Kier molecular flexibility index (Phi) is 7.13. The molecule has 0 spiro atoms. The topological polar surface area (TPSA) is 23.5 Å². The standard InChI is InChI=1S/C25H27F2NO/c1-18-7-3-5-9-21(18)15-28(16-22-10-6-4-8-19(22)2)25(17-29)13-20-11-23(26)14-24(27)12-20/h3-12,14,25,29H,13,15-17H2,1-2H3/t25-/m0/s1. The van der Waals surface area contributed by atoms with E-state index in [1.165, 1.54) is 34.4 Å². The quantitative estimate of drug-likeness (QED) is 0.568. The van der Waals surface area contributed by atoms with E-state index in [9.17, 15) is 13.9 Å². The summed E-state index contributed by atoms with van der Waals surface area (Å²) in [5.41, 5.74) is 5.24. The van der Waals surface area contributed by atoms with Crippen LogP contribution in [0, 0.1) is 25.5 Å². The van der Waals surface area contributed by atoms with Crippen LogP contribution in [0.5, 0.6) is 0 Å². The lowest BCUT2D eigenvalue weighted by Gasteiger charge is -2.32. The monoisotopic (exact) mass is 395 g/mol. The molecule has 0 unspecified atom stereocenters. The summed E-state index contributed by atoms with van der Waals surface area (Å²) < 4.78 is 27.3. The van der Waals surface area contributed by atoms with Crippen LogP contribution in [0.1, 0.15) is 27.8 Å². The first kappa shape index (κ1) is 21.2. The Morgan fingerprint density at radius 2 is 1.28 bits per heavy atom. The van der Waals surface area contributed by atoms with E-state index in [0.717, 1.165) is 6.07 Å². The number of aryl methyl sites for hydroxylation is 2. The molecule has 0 aliphatic carbocycles. The summed E-state index contributed by atoms with van der Waals surface area (Å²) in [6.45, 7) is 5.32. The van der Waals surface area contributed by atoms with E-state index < -0.39 is 11.6 Å². The van der Waals surface area contributed by atoms with Crippen molar-refractivity contribution in [1.82, 2.24) is 4.90 Å². The van der Waals surface area contributed by atoms with E-state index in [1.807, 2.05) is 24.3 Å². The molecule has 3 rings (SSSR count). The number of hydrogen-bond acceptors (Lipinski definition) is 2. The van der Waals surface area contributed by atoms with Crippen LogP contribution < -0.4 is 0 Å². The van der Waals surface area contributed by atoms with Crippen molar-refractivity contribution in [3.8, 4) is 0 Å². The van der Waals surface area contributed by atoms with Gasteiger partial charge in [0.15, 0.2) is 0 Å². The van der Waals surface area contributed by atoms with Crippen molar-refractivity contribution in [1.29, 1.82) is 0 Å². The van der Waals surface area contributed by atoms with Crippen molar-refractivity contribution in [2.75, 3.05) is 6.61 Å². The van der Waals surface area contributed by atoms with Gasteiger partial charge in [0.2, 0.25) is 0 Å². The minimum absolute atomic E-state index is 0.101. The Morgan fingerprint density at radius 1 is 0.793 bits per heavy atom. The second kappa shape index (κ2) is 9.77. The third-order valence-corrected chi connectivity index (χ3v) is 5.39. The van der Waals surface area contributed by atoms with Crippen LogP contribution in [-0.4, -0.2) is 22.7 Å². The third kappa shape index (κ3) is 5.72. The van der Waals surface area contributed by atoms with E-state index in [4.69, 9.17) is 0 Å². The molecular weight excluding hydrogens is 368 g/mol. The van der Waals surface area contributed by atoms with Gasteiger partial charge < -0.3 is 5.11 Å². The maximum atomic E-state index is 13.7. The highest BCUT2D eigenvalue weighted by atomic mass is 19.1. The number of hydrogen-bond donors (Lipinski definition) is 1. The summed E-state index contributed by atoms with van der Waals surface area (Å²) in [5, 5.41) is 10.2. The molecule has 0 amide bonds. The second-order valence-electron chi connectivity index (χ2n) is 7.58. The number of halogens is 2. The van der Waals surface area contributed by atoms with Crippen molar-refractivity contribution in [2.24, 2.45) is 0 Å². The Hall–Kier alpha value is -2.56. The highest BCUT2D eigenvalue weighted by Crippen LogP contribution is 2.21. The lowest BCUT2D eigenvalue weighted by Crippen LogP contribution is -2.39. The predicted molar refractivity (Wildman–Crippen MR) is 113 cm³/mol. The molecule has 4 heteroatoms. The molecule has 0 aliphatic rings. The number of aliphatic hydroxyl groups is 1. The van der Waals surface area contributed by atoms with E-state index in [2.05, 4.69) is 43.0 Å². The molecule has 1 atom stereocenters. The zero-order valence-electron chi connectivity index (χ0n) is 16.9. The van der Waals surface area contributed by atoms with E-state index >= 15 is 0 Å². The zero-order valence-corrected chi connectivity index (χ0v) is 16.9. The largest absolute Gasteiger partial charge is 0.395 e. The number of nitrogens with zero attached hydrogens (tertiary/aromatic N) is 1. The van der Waals surface area contributed by atoms with Gasteiger partial charge in [-0.2, -0.15) is 0 Å². The van der Waals surface area contributed by atoms with Crippen molar-refractivity contribution in [3.63, 3.8) is 0 Å². The lowest BCUT2D eigenvalue weighted by atomic mass is 10.0. The van der Waals surface area contributed by atoms with Crippen LogP contribution in [0.3, 0.4) is 0 Å². The van der Waals surface area contributed by atoms with Crippen LogP contribution in [0.15, 0.2) is 66.7 Å². The van der Waals surface area contributed by atoms with Crippen LogP contribution in [0.2, 0.25) is 0 Å². The highest BCUT2D eigenvalue weighted by molar-refractivity contribution is 5.28. The van der Waals surface area contributed by atoms with Gasteiger partial charge in [-0.15, -0.1) is 0 Å². The molecule has 0 aromatic heterocycles. The van der Waals surface area contributed by atoms with Crippen LogP contribution >= 0.6 is 0 Å².